The molecule has 4 aliphatic carbocycles. The van der Waals surface area contributed by atoms with E-state index in [1.165, 1.54) is 26.2 Å². The number of esters is 1. The Morgan fingerprint density at radius 1 is 1.04 bits per heavy atom. The number of thiophene rings is 1. The molecule has 0 radical (unpaired) electrons. The molecular formula is C19H22O4S. The van der Waals surface area contributed by atoms with E-state index < -0.39 is 5.97 Å². The highest BCUT2D eigenvalue weighted by Crippen LogP contribution is 2.60. The van der Waals surface area contributed by atoms with Gasteiger partial charge in [-0.05, 0) is 75.3 Å². The highest BCUT2D eigenvalue weighted by molar-refractivity contribution is 7.15. The van der Waals surface area contributed by atoms with E-state index in [1.54, 1.807) is 12.1 Å². The van der Waals surface area contributed by atoms with Crippen LogP contribution in [0, 0.1) is 23.2 Å². The van der Waals surface area contributed by atoms with Crippen LogP contribution in [-0.4, -0.2) is 24.1 Å². The number of hydrogen-bond acceptors (Lipinski definition) is 5. The van der Waals surface area contributed by atoms with E-state index in [0.717, 1.165) is 30.6 Å². The first-order chi connectivity index (χ1) is 11.4. The molecule has 1 heterocycles. The summed E-state index contributed by atoms with van der Waals surface area (Å²) in [5, 5.41) is 0. The van der Waals surface area contributed by atoms with E-state index in [9.17, 15) is 14.4 Å². The number of carbonyl (C=O) groups is 3. The van der Waals surface area contributed by atoms with Gasteiger partial charge in [-0.3, -0.25) is 9.59 Å². The Kier molecular flexibility index (Phi) is 3.87. The third-order valence-corrected chi connectivity index (χ3v) is 7.28. The molecule has 5 rings (SSSR count). The van der Waals surface area contributed by atoms with Crippen molar-refractivity contribution < 1.29 is 19.1 Å². The molecule has 0 saturated heterocycles. The van der Waals surface area contributed by atoms with Gasteiger partial charge < -0.3 is 4.74 Å². The highest BCUT2D eigenvalue weighted by Gasteiger charge is 2.54. The Morgan fingerprint density at radius 2 is 1.58 bits per heavy atom. The van der Waals surface area contributed by atoms with Crippen LogP contribution in [0.3, 0.4) is 0 Å². The monoisotopic (exact) mass is 346 g/mol. The van der Waals surface area contributed by atoms with Gasteiger partial charge in [0, 0.05) is 5.41 Å². The topological polar surface area (TPSA) is 60.4 Å². The van der Waals surface area contributed by atoms with Crippen molar-refractivity contribution >= 4 is 28.9 Å². The molecule has 4 fully saturated rings. The molecule has 5 heteroatoms. The Bertz CT molecular complexity index is 667. The molecule has 4 nitrogen and oxygen atoms in total. The number of ether oxygens (including phenoxy) is 1. The van der Waals surface area contributed by atoms with Gasteiger partial charge >= 0.3 is 5.97 Å². The summed E-state index contributed by atoms with van der Waals surface area (Å²) in [7, 11) is 0. The lowest BCUT2D eigenvalue weighted by atomic mass is 9.48. The number of ketones is 2. The zero-order valence-corrected chi connectivity index (χ0v) is 14.7. The van der Waals surface area contributed by atoms with Gasteiger partial charge in [-0.1, -0.05) is 0 Å². The van der Waals surface area contributed by atoms with Crippen molar-refractivity contribution in [1.29, 1.82) is 0 Å². The molecule has 0 unspecified atom stereocenters. The zero-order valence-electron chi connectivity index (χ0n) is 13.9. The summed E-state index contributed by atoms with van der Waals surface area (Å²) in [6.45, 7) is 1.34. The van der Waals surface area contributed by atoms with Crippen LogP contribution in [0.25, 0.3) is 0 Å². The van der Waals surface area contributed by atoms with E-state index in [-0.39, 0.29) is 23.6 Å². The summed E-state index contributed by atoms with van der Waals surface area (Å²) < 4.78 is 5.28. The maximum absolute atomic E-state index is 12.8. The molecular weight excluding hydrogens is 324 g/mol. The highest BCUT2D eigenvalue weighted by atomic mass is 32.1. The van der Waals surface area contributed by atoms with Crippen molar-refractivity contribution in [2.45, 2.75) is 45.4 Å². The van der Waals surface area contributed by atoms with Crippen LogP contribution in [0.4, 0.5) is 0 Å². The van der Waals surface area contributed by atoms with E-state index in [1.807, 2.05) is 0 Å². The Hall–Kier alpha value is -1.49. The van der Waals surface area contributed by atoms with Gasteiger partial charge in [0.15, 0.2) is 18.2 Å². The van der Waals surface area contributed by atoms with Gasteiger partial charge in [0.1, 0.15) is 4.88 Å². The lowest BCUT2D eigenvalue weighted by Gasteiger charge is -2.55. The van der Waals surface area contributed by atoms with Gasteiger partial charge in [0.05, 0.1) is 4.88 Å². The molecule has 0 amide bonds. The predicted octanol–water partition coefficient (Wildman–Crippen LogP) is 3.89. The Balaban J connectivity index is 1.39. The molecule has 4 saturated carbocycles. The first-order valence-corrected chi connectivity index (χ1v) is 9.58. The third kappa shape index (κ3) is 2.73. The number of carbonyl (C=O) groups excluding carboxylic acids is 3. The van der Waals surface area contributed by atoms with E-state index >= 15 is 0 Å². The predicted molar refractivity (Wildman–Crippen MR) is 90.2 cm³/mol. The molecule has 0 aromatic carbocycles. The van der Waals surface area contributed by atoms with Gasteiger partial charge in [-0.25, -0.2) is 4.79 Å². The maximum Gasteiger partial charge on any atom is 0.348 e. The Labute approximate surface area is 145 Å². The second kappa shape index (κ2) is 5.80. The van der Waals surface area contributed by atoms with Crippen LogP contribution in [0.2, 0.25) is 0 Å². The molecule has 1 aromatic heterocycles. The molecule has 0 atom stereocenters. The van der Waals surface area contributed by atoms with Crippen molar-refractivity contribution in [2.75, 3.05) is 6.61 Å². The largest absolute Gasteiger partial charge is 0.453 e. The summed E-state index contributed by atoms with van der Waals surface area (Å²) in [5.41, 5.74) is -0.227. The molecule has 4 aliphatic rings. The van der Waals surface area contributed by atoms with Crippen molar-refractivity contribution in [3.8, 4) is 0 Å². The average molecular weight is 346 g/mol. The van der Waals surface area contributed by atoms with Crippen LogP contribution >= 0.6 is 11.3 Å². The summed E-state index contributed by atoms with van der Waals surface area (Å²) in [6.07, 6.45) is 6.83. The van der Waals surface area contributed by atoms with Gasteiger partial charge in [0.25, 0.3) is 0 Å². The van der Waals surface area contributed by atoms with Gasteiger partial charge in [-0.2, -0.15) is 0 Å². The third-order valence-electron chi connectivity index (χ3n) is 6.12. The lowest BCUT2D eigenvalue weighted by molar-refractivity contribution is -0.147. The number of rotatable bonds is 5. The molecule has 0 spiro atoms. The molecule has 0 N–H and O–H groups in total. The second-order valence-electron chi connectivity index (χ2n) is 7.92. The van der Waals surface area contributed by atoms with E-state index in [4.69, 9.17) is 4.74 Å². The van der Waals surface area contributed by atoms with Crippen LogP contribution in [0.15, 0.2) is 12.1 Å². The standard InChI is InChI=1S/C19H22O4S/c1-11(20)15-2-3-16(24-15)18(22)23-10-17(21)19-7-12-4-13(8-19)6-14(5-12)9-19/h2-3,12-14H,4-10H2,1H3. The minimum absolute atomic E-state index is 0.0660. The average Bonchev–Trinajstić information content (AvgIpc) is 3.01. The summed E-state index contributed by atoms with van der Waals surface area (Å²) in [4.78, 5) is 37.2. The van der Waals surface area contributed by atoms with Crippen molar-refractivity contribution in [3.05, 3.63) is 21.9 Å². The lowest BCUT2D eigenvalue weighted by Crippen LogP contribution is -2.51. The van der Waals surface area contributed by atoms with Crippen LogP contribution in [0.1, 0.15) is 64.8 Å². The fourth-order valence-corrected chi connectivity index (χ4v) is 6.24. The first kappa shape index (κ1) is 16.0. The maximum atomic E-state index is 12.8. The summed E-state index contributed by atoms with van der Waals surface area (Å²) in [5.74, 6) is 1.65. The van der Waals surface area contributed by atoms with Crippen molar-refractivity contribution in [2.24, 2.45) is 23.2 Å². The Morgan fingerprint density at radius 3 is 2.08 bits per heavy atom. The molecule has 24 heavy (non-hydrogen) atoms. The minimum atomic E-state index is -0.495. The van der Waals surface area contributed by atoms with Crippen LogP contribution < -0.4 is 0 Å². The zero-order chi connectivity index (χ0) is 16.9. The van der Waals surface area contributed by atoms with E-state index in [0.29, 0.717) is 27.5 Å². The number of Topliss-reactive ketones (excluding diaryl/α,β-unsaturated/α-hetero) is 2. The molecule has 1 aromatic rings. The molecule has 128 valence electrons. The van der Waals surface area contributed by atoms with Crippen molar-refractivity contribution in [1.82, 2.24) is 0 Å². The normalized spacial score (nSPS) is 33.5. The first-order valence-electron chi connectivity index (χ1n) is 8.76. The fourth-order valence-electron chi connectivity index (χ4n) is 5.44. The summed E-state index contributed by atoms with van der Waals surface area (Å²) >= 11 is 1.12. The minimum Gasteiger partial charge on any atom is -0.453 e. The van der Waals surface area contributed by atoms with Crippen LogP contribution in [0.5, 0.6) is 0 Å². The van der Waals surface area contributed by atoms with Gasteiger partial charge in [-0.15, -0.1) is 11.3 Å². The smallest absolute Gasteiger partial charge is 0.348 e. The summed E-state index contributed by atoms with van der Waals surface area (Å²) in [6, 6.07) is 3.23. The number of hydrogen-bond donors (Lipinski definition) is 0. The van der Waals surface area contributed by atoms with Crippen LogP contribution in [-0.2, 0) is 9.53 Å². The SMILES string of the molecule is CC(=O)c1ccc(C(=O)OCC(=O)C23CC4CC(CC(C4)C2)C3)s1. The molecule has 4 bridgehead atoms. The quantitative estimate of drug-likeness (QED) is 0.599. The van der Waals surface area contributed by atoms with E-state index in [2.05, 4.69) is 0 Å². The fraction of sp³-hybridized carbons (Fsp3) is 0.632. The second-order valence-corrected chi connectivity index (χ2v) is 9.00. The molecule has 0 aliphatic heterocycles. The van der Waals surface area contributed by atoms with Crippen molar-refractivity contribution in [3.63, 3.8) is 0 Å². The van der Waals surface area contributed by atoms with Gasteiger partial charge in [0.2, 0.25) is 0 Å².